The lowest BCUT2D eigenvalue weighted by molar-refractivity contribution is 0.0506. The Balaban J connectivity index is 1.90. The van der Waals surface area contributed by atoms with Gasteiger partial charge in [-0.3, -0.25) is 9.65 Å². The molecule has 0 saturated heterocycles. The Morgan fingerprint density at radius 1 is 1.28 bits per heavy atom. The maximum atomic E-state index is 13.9. The molecule has 3 rings (SSSR count). The molecule has 4 atom stereocenters. The van der Waals surface area contributed by atoms with E-state index >= 15 is 0 Å². The molecule has 0 bridgehead atoms. The Bertz CT molecular complexity index is 705. The number of hydrogen-bond acceptors (Lipinski definition) is 4. The fourth-order valence-electron chi connectivity index (χ4n) is 3.61. The number of benzene rings is 1. The van der Waals surface area contributed by atoms with Crippen LogP contribution in [0.1, 0.15) is 40.0 Å². The molecule has 0 unspecified atom stereocenters. The van der Waals surface area contributed by atoms with E-state index in [1.54, 1.807) is 6.20 Å². The van der Waals surface area contributed by atoms with Crippen LogP contribution < -0.4 is 10.4 Å². The van der Waals surface area contributed by atoms with E-state index in [-0.39, 0.29) is 6.10 Å². The van der Waals surface area contributed by atoms with Crippen LogP contribution in [-0.4, -0.2) is 11.1 Å². The second kappa shape index (κ2) is 8.03. The van der Waals surface area contributed by atoms with E-state index in [2.05, 4.69) is 30.8 Å². The highest BCUT2D eigenvalue weighted by molar-refractivity contribution is 7.68. The number of anilines is 1. The standard InChI is InChI=1S/C19H27N2O2PS/c1-14(2)17-10-9-15(3)13-18(17)23-24(22,16-7-5-4-6-8-16)21-19-20-11-12-25-19/h4-8,11-12,14-15,17-18H,9-10,13H2,1-3H3,(H,20,21,22)/t15-,17-,18+,24-/m0/s1. The smallest absolute Gasteiger partial charge is 0.306 e. The lowest BCUT2D eigenvalue weighted by Crippen LogP contribution is -2.35. The van der Waals surface area contributed by atoms with Gasteiger partial charge in [0.25, 0.3) is 0 Å². The summed E-state index contributed by atoms with van der Waals surface area (Å²) in [5, 5.41) is 6.32. The van der Waals surface area contributed by atoms with E-state index in [0.29, 0.717) is 28.2 Å². The van der Waals surface area contributed by atoms with Crippen LogP contribution in [0.2, 0.25) is 0 Å². The quantitative estimate of drug-likeness (QED) is 0.670. The number of thiazole rings is 1. The Labute approximate surface area is 154 Å². The number of nitrogens with zero attached hydrogens (tertiary/aromatic N) is 1. The summed E-state index contributed by atoms with van der Waals surface area (Å²) in [7, 11) is -3.23. The number of hydrogen-bond donors (Lipinski definition) is 1. The molecule has 0 amide bonds. The van der Waals surface area contributed by atoms with Crippen molar-refractivity contribution in [1.29, 1.82) is 0 Å². The van der Waals surface area contributed by atoms with E-state index < -0.39 is 7.52 Å². The van der Waals surface area contributed by atoms with Crippen molar-refractivity contribution in [1.82, 2.24) is 4.98 Å². The van der Waals surface area contributed by atoms with Gasteiger partial charge in [0.2, 0.25) is 0 Å². The molecule has 25 heavy (non-hydrogen) atoms. The average molecular weight is 378 g/mol. The van der Waals surface area contributed by atoms with Crippen molar-refractivity contribution in [3.05, 3.63) is 41.9 Å². The lowest BCUT2D eigenvalue weighted by Gasteiger charge is -2.38. The summed E-state index contributed by atoms with van der Waals surface area (Å²) < 4.78 is 20.3. The van der Waals surface area contributed by atoms with Crippen molar-refractivity contribution in [2.75, 3.05) is 5.09 Å². The van der Waals surface area contributed by atoms with Crippen molar-refractivity contribution >= 4 is 29.3 Å². The summed E-state index contributed by atoms with van der Waals surface area (Å²) in [5.74, 6) is 1.55. The van der Waals surface area contributed by atoms with Gasteiger partial charge in [-0.2, -0.15) is 0 Å². The topological polar surface area (TPSA) is 51.2 Å². The Morgan fingerprint density at radius 3 is 2.68 bits per heavy atom. The van der Waals surface area contributed by atoms with Crippen molar-refractivity contribution in [2.24, 2.45) is 17.8 Å². The molecule has 1 aliphatic rings. The van der Waals surface area contributed by atoms with Gasteiger partial charge in [0.15, 0.2) is 5.13 Å². The highest BCUT2D eigenvalue weighted by atomic mass is 32.1. The average Bonchev–Trinajstić information content (AvgIpc) is 3.08. The Hall–Kier alpha value is -1.16. The summed E-state index contributed by atoms with van der Waals surface area (Å²) in [6, 6.07) is 9.48. The molecule has 1 N–H and O–H groups in total. The predicted octanol–water partition coefficient (Wildman–Crippen LogP) is 5.55. The SMILES string of the molecule is CC(C)[C@@H]1CC[C@H](C)C[C@H]1O[P@](=O)(Nc1nccs1)c1ccccc1. The van der Waals surface area contributed by atoms with Crippen molar-refractivity contribution in [3.63, 3.8) is 0 Å². The van der Waals surface area contributed by atoms with Gasteiger partial charge >= 0.3 is 7.52 Å². The van der Waals surface area contributed by atoms with Crippen LogP contribution >= 0.6 is 18.9 Å². The summed E-state index contributed by atoms with van der Waals surface area (Å²) in [6.45, 7) is 6.73. The number of nitrogens with one attached hydrogen (secondary N) is 1. The third-order valence-corrected chi connectivity index (χ3v) is 7.91. The molecular weight excluding hydrogens is 351 g/mol. The first-order valence-electron chi connectivity index (χ1n) is 9.00. The predicted molar refractivity (Wildman–Crippen MR) is 106 cm³/mol. The van der Waals surface area contributed by atoms with Crippen LogP contribution in [0, 0.1) is 17.8 Å². The number of aromatic nitrogens is 1. The molecule has 0 spiro atoms. The van der Waals surface area contributed by atoms with Gasteiger partial charge in [-0.25, -0.2) is 4.98 Å². The second-order valence-corrected chi connectivity index (χ2v) is 10.3. The van der Waals surface area contributed by atoms with E-state index in [0.717, 1.165) is 12.8 Å². The third kappa shape index (κ3) is 4.52. The first kappa shape index (κ1) is 18.6. The van der Waals surface area contributed by atoms with Crippen LogP contribution in [0.4, 0.5) is 5.13 Å². The fraction of sp³-hybridized carbons (Fsp3) is 0.526. The van der Waals surface area contributed by atoms with Crippen LogP contribution in [0.5, 0.6) is 0 Å². The van der Waals surface area contributed by atoms with Crippen LogP contribution in [0.25, 0.3) is 0 Å². The maximum Gasteiger partial charge on any atom is 0.326 e. The zero-order valence-electron chi connectivity index (χ0n) is 15.1. The van der Waals surface area contributed by atoms with Gasteiger partial charge in [0.1, 0.15) is 0 Å². The van der Waals surface area contributed by atoms with Gasteiger partial charge in [0, 0.05) is 11.6 Å². The van der Waals surface area contributed by atoms with Crippen LogP contribution in [-0.2, 0) is 9.09 Å². The van der Waals surface area contributed by atoms with Gasteiger partial charge in [0.05, 0.1) is 11.4 Å². The fourth-order valence-corrected chi connectivity index (χ4v) is 6.35. The van der Waals surface area contributed by atoms with Crippen molar-refractivity contribution in [3.8, 4) is 0 Å². The monoisotopic (exact) mass is 378 g/mol. The molecule has 2 aromatic rings. The normalized spacial score (nSPS) is 26.3. The molecule has 6 heteroatoms. The molecule has 1 saturated carbocycles. The highest BCUT2D eigenvalue weighted by Gasteiger charge is 2.38. The summed E-state index contributed by atoms with van der Waals surface area (Å²) in [6.07, 6.45) is 5.02. The Kier molecular flexibility index (Phi) is 5.98. The van der Waals surface area contributed by atoms with E-state index in [9.17, 15) is 4.57 Å². The highest BCUT2D eigenvalue weighted by Crippen LogP contribution is 2.51. The molecule has 1 aromatic heterocycles. The molecule has 1 heterocycles. The van der Waals surface area contributed by atoms with E-state index in [1.807, 2.05) is 35.7 Å². The Morgan fingerprint density at radius 2 is 2.04 bits per heavy atom. The first-order chi connectivity index (χ1) is 12.0. The largest absolute Gasteiger partial charge is 0.326 e. The minimum absolute atomic E-state index is 0.00208. The molecule has 136 valence electrons. The minimum Gasteiger partial charge on any atom is -0.306 e. The second-order valence-electron chi connectivity index (χ2n) is 7.31. The van der Waals surface area contributed by atoms with Crippen LogP contribution in [0.3, 0.4) is 0 Å². The molecular formula is C19H27N2O2PS. The third-order valence-electron chi connectivity index (χ3n) is 5.02. The molecule has 1 aliphatic carbocycles. The molecule has 1 aromatic carbocycles. The van der Waals surface area contributed by atoms with Gasteiger partial charge in [-0.05, 0) is 42.7 Å². The van der Waals surface area contributed by atoms with Gasteiger partial charge in [-0.15, -0.1) is 11.3 Å². The first-order valence-corrected chi connectivity index (χ1v) is 11.5. The molecule has 1 fully saturated rings. The lowest BCUT2D eigenvalue weighted by atomic mass is 9.75. The zero-order valence-corrected chi connectivity index (χ0v) is 16.8. The van der Waals surface area contributed by atoms with Crippen LogP contribution in [0.15, 0.2) is 41.9 Å². The van der Waals surface area contributed by atoms with E-state index in [4.69, 9.17) is 4.52 Å². The molecule has 4 nitrogen and oxygen atoms in total. The minimum atomic E-state index is -3.23. The van der Waals surface area contributed by atoms with Gasteiger partial charge < -0.3 is 4.52 Å². The summed E-state index contributed by atoms with van der Waals surface area (Å²) in [4.78, 5) is 4.24. The molecule has 0 aliphatic heterocycles. The van der Waals surface area contributed by atoms with Crippen molar-refractivity contribution < 1.29 is 9.09 Å². The van der Waals surface area contributed by atoms with Crippen molar-refractivity contribution in [2.45, 2.75) is 46.1 Å². The van der Waals surface area contributed by atoms with Gasteiger partial charge in [-0.1, -0.05) is 45.4 Å². The summed E-state index contributed by atoms with van der Waals surface area (Å²) in [5.41, 5.74) is 0. The maximum absolute atomic E-state index is 13.9. The number of rotatable bonds is 6. The molecule has 0 radical (unpaired) electrons. The van der Waals surface area contributed by atoms with E-state index in [1.165, 1.54) is 17.8 Å². The summed E-state index contributed by atoms with van der Waals surface area (Å²) >= 11 is 1.44. The zero-order chi connectivity index (χ0) is 17.9.